The Bertz CT molecular complexity index is 624. The maximum Gasteiger partial charge on any atom is 0.151 e. The van der Waals surface area contributed by atoms with E-state index in [0.29, 0.717) is 38.2 Å². The van der Waals surface area contributed by atoms with E-state index in [1.54, 1.807) is 0 Å². The van der Waals surface area contributed by atoms with Crippen molar-refractivity contribution in [3.8, 4) is 0 Å². The molecule has 0 spiro atoms. The van der Waals surface area contributed by atoms with Crippen molar-refractivity contribution in [1.82, 2.24) is 9.55 Å². The molecule has 0 radical (unpaired) electrons. The molecule has 0 aliphatic rings. The number of halogens is 1. The van der Waals surface area contributed by atoms with E-state index in [0.717, 1.165) is 22.5 Å². The van der Waals surface area contributed by atoms with Gasteiger partial charge in [0.15, 0.2) is 6.29 Å². The van der Waals surface area contributed by atoms with Crippen LogP contribution in [0.3, 0.4) is 0 Å². The lowest BCUT2D eigenvalue weighted by Crippen LogP contribution is -2.28. The van der Waals surface area contributed by atoms with Gasteiger partial charge in [0.25, 0.3) is 0 Å². The average molecular weight is 342 g/mol. The first-order valence-corrected chi connectivity index (χ1v) is 8.33. The number of benzene rings is 1. The van der Waals surface area contributed by atoms with Crippen molar-refractivity contribution in [2.75, 3.05) is 30.5 Å². The number of anilines is 1. The summed E-state index contributed by atoms with van der Waals surface area (Å²) in [4.78, 5) is 6.68. The third-order valence-electron chi connectivity index (χ3n) is 3.91. The van der Waals surface area contributed by atoms with E-state index in [-0.39, 0.29) is 6.61 Å². The molecule has 0 amide bonds. The molecule has 23 heavy (non-hydrogen) atoms. The maximum atomic E-state index is 9.18. The Balaban J connectivity index is 2.22. The van der Waals surface area contributed by atoms with Crippen LogP contribution < -0.4 is 4.90 Å². The zero-order valence-corrected chi connectivity index (χ0v) is 14.1. The Morgan fingerprint density at radius 3 is 2.74 bits per heavy atom. The van der Waals surface area contributed by atoms with Gasteiger partial charge in [-0.15, -0.1) is 11.6 Å². The fraction of sp³-hybridized carbons (Fsp3) is 0.562. The summed E-state index contributed by atoms with van der Waals surface area (Å²) in [5.41, 5.74) is 2.91. The first-order valence-electron chi connectivity index (χ1n) is 7.80. The van der Waals surface area contributed by atoms with Gasteiger partial charge in [0.2, 0.25) is 0 Å². The second-order valence-corrected chi connectivity index (χ2v) is 5.91. The number of aromatic nitrogens is 2. The summed E-state index contributed by atoms with van der Waals surface area (Å²) < 4.78 is 2.03. The monoisotopic (exact) mass is 341 g/mol. The summed E-state index contributed by atoms with van der Waals surface area (Å²) in [5, 5.41) is 27.0. The van der Waals surface area contributed by atoms with Gasteiger partial charge in [-0.25, -0.2) is 4.98 Å². The molecule has 1 aromatic heterocycles. The zero-order chi connectivity index (χ0) is 16.8. The van der Waals surface area contributed by atoms with Gasteiger partial charge in [-0.3, -0.25) is 0 Å². The first-order chi connectivity index (χ1) is 11.1. The van der Waals surface area contributed by atoms with Crippen LogP contribution in [0.15, 0.2) is 18.2 Å². The number of fused-ring (bicyclic) bond motifs is 1. The molecule has 0 saturated carbocycles. The fourth-order valence-electron chi connectivity index (χ4n) is 2.69. The van der Waals surface area contributed by atoms with Crippen molar-refractivity contribution in [3.63, 3.8) is 0 Å². The number of imidazole rings is 1. The molecule has 6 nitrogen and oxygen atoms in total. The van der Waals surface area contributed by atoms with Crippen LogP contribution in [-0.4, -0.2) is 56.7 Å². The molecule has 0 aliphatic carbocycles. The number of aliphatic hydroxyl groups excluding tert-OH is 2. The molecule has 0 saturated heterocycles. The molecule has 2 aromatic rings. The van der Waals surface area contributed by atoms with E-state index in [2.05, 4.69) is 4.98 Å². The molecule has 1 aromatic carbocycles. The SMILES string of the molecule is Cn1c(CCCC(O)O)nc2cc(N(CCO)CCCl)ccc21. The highest BCUT2D eigenvalue weighted by atomic mass is 35.5. The fourth-order valence-corrected chi connectivity index (χ4v) is 2.90. The summed E-state index contributed by atoms with van der Waals surface area (Å²) in [6.07, 6.45) is 0.443. The van der Waals surface area contributed by atoms with Crippen molar-refractivity contribution in [3.05, 3.63) is 24.0 Å². The van der Waals surface area contributed by atoms with E-state index in [9.17, 15) is 5.11 Å². The minimum absolute atomic E-state index is 0.0753. The third kappa shape index (κ3) is 4.57. The second-order valence-electron chi connectivity index (χ2n) is 5.53. The van der Waals surface area contributed by atoms with E-state index >= 15 is 0 Å². The summed E-state index contributed by atoms with van der Waals surface area (Å²) in [5.74, 6) is 1.42. The highest BCUT2D eigenvalue weighted by molar-refractivity contribution is 6.18. The van der Waals surface area contributed by atoms with Gasteiger partial charge in [-0.2, -0.15) is 0 Å². The molecule has 0 fully saturated rings. The van der Waals surface area contributed by atoms with Gasteiger partial charge in [-0.05, 0) is 31.0 Å². The maximum absolute atomic E-state index is 9.18. The zero-order valence-electron chi connectivity index (χ0n) is 13.3. The van der Waals surface area contributed by atoms with Crippen LogP contribution in [0, 0.1) is 0 Å². The molecular weight excluding hydrogens is 318 g/mol. The summed E-state index contributed by atoms with van der Waals surface area (Å²) in [6, 6.07) is 6.02. The van der Waals surface area contributed by atoms with Gasteiger partial charge in [0.05, 0.1) is 17.6 Å². The topological polar surface area (TPSA) is 81.8 Å². The number of aliphatic hydroxyl groups is 3. The highest BCUT2D eigenvalue weighted by Crippen LogP contribution is 2.23. The Morgan fingerprint density at radius 1 is 1.30 bits per heavy atom. The predicted octanol–water partition coefficient (Wildman–Crippen LogP) is 1.24. The number of aryl methyl sites for hydroxylation is 2. The van der Waals surface area contributed by atoms with E-state index in [1.807, 2.05) is 34.7 Å². The van der Waals surface area contributed by atoms with Gasteiger partial charge in [0, 0.05) is 38.1 Å². The van der Waals surface area contributed by atoms with E-state index in [4.69, 9.17) is 21.8 Å². The lowest BCUT2D eigenvalue weighted by atomic mass is 10.2. The van der Waals surface area contributed by atoms with E-state index in [1.165, 1.54) is 0 Å². The van der Waals surface area contributed by atoms with Crippen molar-refractivity contribution in [2.24, 2.45) is 7.05 Å². The summed E-state index contributed by atoms with van der Waals surface area (Å²) in [7, 11) is 1.96. The molecule has 0 unspecified atom stereocenters. The molecule has 3 N–H and O–H groups in total. The minimum atomic E-state index is -1.26. The van der Waals surface area contributed by atoms with Crippen molar-refractivity contribution >= 4 is 28.3 Å². The minimum Gasteiger partial charge on any atom is -0.395 e. The Labute approximate surface area is 140 Å². The molecule has 128 valence electrons. The van der Waals surface area contributed by atoms with Crippen LogP contribution >= 0.6 is 11.6 Å². The second kappa shape index (κ2) is 8.49. The van der Waals surface area contributed by atoms with Crippen molar-refractivity contribution < 1.29 is 15.3 Å². The van der Waals surface area contributed by atoms with Crippen LogP contribution in [-0.2, 0) is 13.5 Å². The van der Waals surface area contributed by atoms with Gasteiger partial charge in [-0.1, -0.05) is 0 Å². The summed E-state index contributed by atoms with van der Waals surface area (Å²) in [6.45, 7) is 1.28. The summed E-state index contributed by atoms with van der Waals surface area (Å²) >= 11 is 5.83. The highest BCUT2D eigenvalue weighted by Gasteiger charge is 2.11. The molecule has 1 heterocycles. The number of alkyl halides is 1. The lowest BCUT2D eigenvalue weighted by Gasteiger charge is -2.22. The number of hydrogen-bond acceptors (Lipinski definition) is 5. The Hall–Kier alpha value is -1.34. The average Bonchev–Trinajstić information content (AvgIpc) is 2.83. The lowest BCUT2D eigenvalue weighted by molar-refractivity contribution is -0.0462. The third-order valence-corrected chi connectivity index (χ3v) is 4.08. The first kappa shape index (κ1) is 18.0. The molecule has 7 heteroatoms. The van der Waals surface area contributed by atoms with Gasteiger partial charge in [0.1, 0.15) is 5.82 Å². The standard InChI is InChI=1S/C16H24ClN3O3/c1-19-14-6-5-12(20(8-7-17)9-10-21)11-13(14)18-15(19)3-2-4-16(22)23/h5-6,11,16,21-23H,2-4,7-10H2,1H3. The van der Waals surface area contributed by atoms with E-state index < -0.39 is 6.29 Å². The number of hydrogen-bond donors (Lipinski definition) is 3. The van der Waals surface area contributed by atoms with Gasteiger partial charge < -0.3 is 24.8 Å². The van der Waals surface area contributed by atoms with Crippen LogP contribution in [0.2, 0.25) is 0 Å². The van der Waals surface area contributed by atoms with Crippen LogP contribution in [0.25, 0.3) is 11.0 Å². The number of nitrogens with zero attached hydrogens (tertiary/aromatic N) is 3. The van der Waals surface area contributed by atoms with Crippen molar-refractivity contribution in [2.45, 2.75) is 25.6 Å². The normalized spacial score (nSPS) is 11.6. The predicted molar refractivity (Wildman–Crippen MR) is 91.9 cm³/mol. The molecule has 0 aliphatic heterocycles. The quantitative estimate of drug-likeness (QED) is 0.472. The number of rotatable bonds is 9. The van der Waals surface area contributed by atoms with Gasteiger partial charge >= 0.3 is 0 Å². The molecule has 0 bridgehead atoms. The Morgan fingerprint density at radius 2 is 2.09 bits per heavy atom. The molecule has 0 atom stereocenters. The molecule has 2 rings (SSSR count). The Kier molecular flexibility index (Phi) is 6.65. The molecular formula is C16H24ClN3O3. The van der Waals surface area contributed by atoms with Crippen LogP contribution in [0.4, 0.5) is 5.69 Å². The van der Waals surface area contributed by atoms with Crippen molar-refractivity contribution in [1.29, 1.82) is 0 Å². The largest absolute Gasteiger partial charge is 0.395 e. The van der Waals surface area contributed by atoms with Crippen LogP contribution in [0.1, 0.15) is 18.7 Å². The smallest absolute Gasteiger partial charge is 0.151 e. The van der Waals surface area contributed by atoms with Crippen LogP contribution in [0.5, 0.6) is 0 Å².